The van der Waals surface area contributed by atoms with Crippen molar-refractivity contribution >= 4 is 10.0 Å². The van der Waals surface area contributed by atoms with Gasteiger partial charge in [-0.05, 0) is 19.9 Å². The highest BCUT2D eigenvalue weighted by Gasteiger charge is 2.26. The predicted molar refractivity (Wildman–Crippen MR) is 52.2 cm³/mol. The van der Waals surface area contributed by atoms with Crippen LogP contribution in [0.25, 0.3) is 0 Å². The van der Waals surface area contributed by atoms with E-state index in [0.717, 1.165) is 12.8 Å². The molecule has 2 rings (SSSR count). The minimum absolute atomic E-state index is 0.0347. The van der Waals surface area contributed by atoms with E-state index >= 15 is 0 Å². The maximum Gasteiger partial charge on any atom is 0.218 e. The molecule has 0 unspecified atom stereocenters. The molecule has 1 fully saturated rings. The van der Waals surface area contributed by atoms with Crippen molar-refractivity contribution in [3.05, 3.63) is 18.2 Å². The Morgan fingerprint density at radius 3 is 2.93 bits per heavy atom. The zero-order valence-corrected chi connectivity index (χ0v) is 8.79. The molecule has 0 aliphatic heterocycles. The molecule has 6 heteroatoms. The van der Waals surface area contributed by atoms with E-state index in [1.54, 1.807) is 6.20 Å². The lowest BCUT2D eigenvalue weighted by Crippen LogP contribution is -2.22. The van der Waals surface area contributed by atoms with E-state index in [9.17, 15) is 8.42 Å². The van der Waals surface area contributed by atoms with Gasteiger partial charge in [-0.15, -0.1) is 0 Å². The summed E-state index contributed by atoms with van der Waals surface area (Å²) >= 11 is 0. The molecule has 0 bridgehead atoms. The molecule has 1 aromatic heterocycles. The third-order valence-corrected chi connectivity index (χ3v) is 3.58. The first-order valence-corrected chi connectivity index (χ1v) is 6.20. The molecule has 1 aliphatic carbocycles. The molecule has 0 radical (unpaired) electrons. The largest absolute Gasteiger partial charge is 0.331 e. The van der Waals surface area contributed by atoms with E-state index in [-0.39, 0.29) is 5.75 Å². The molecule has 5 nitrogen and oxygen atoms in total. The number of rotatable bonds is 4. The molecule has 1 aromatic rings. The molecule has 0 saturated heterocycles. The first-order valence-electron chi connectivity index (χ1n) is 4.55. The van der Waals surface area contributed by atoms with Gasteiger partial charge in [0.1, 0.15) is 11.6 Å². The van der Waals surface area contributed by atoms with Crippen LogP contribution in [0, 0.1) is 0 Å². The summed E-state index contributed by atoms with van der Waals surface area (Å²) in [5, 5.41) is 0. The van der Waals surface area contributed by atoms with Gasteiger partial charge in [0.25, 0.3) is 0 Å². The highest BCUT2D eigenvalue weighted by molar-refractivity contribution is 7.88. The van der Waals surface area contributed by atoms with Crippen molar-refractivity contribution in [2.75, 3.05) is 7.05 Å². The van der Waals surface area contributed by atoms with Crippen molar-refractivity contribution in [3.8, 4) is 0 Å². The third kappa shape index (κ3) is 1.96. The first-order chi connectivity index (χ1) is 6.62. The van der Waals surface area contributed by atoms with Gasteiger partial charge in [0, 0.05) is 18.4 Å². The highest BCUT2D eigenvalue weighted by atomic mass is 32.2. The van der Waals surface area contributed by atoms with Crippen LogP contribution in [0.3, 0.4) is 0 Å². The van der Waals surface area contributed by atoms with Crippen LogP contribution in [0.4, 0.5) is 0 Å². The average Bonchev–Trinajstić information content (AvgIpc) is 2.88. The lowest BCUT2D eigenvalue weighted by Gasteiger charge is -2.05. The predicted octanol–water partition coefficient (Wildman–Crippen LogP) is 0.267. The zero-order valence-electron chi connectivity index (χ0n) is 7.97. The fourth-order valence-corrected chi connectivity index (χ4v) is 2.09. The Bertz CT molecular complexity index is 420. The number of sulfonamides is 1. The van der Waals surface area contributed by atoms with E-state index in [1.807, 2.05) is 10.8 Å². The number of imidazole rings is 1. The summed E-state index contributed by atoms with van der Waals surface area (Å²) in [5.41, 5.74) is 0. The van der Waals surface area contributed by atoms with Gasteiger partial charge in [-0.2, -0.15) is 0 Å². The van der Waals surface area contributed by atoms with E-state index in [0.29, 0.717) is 11.9 Å². The van der Waals surface area contributed by atoms with Gasteiger partial charge in [-0.3, -0.25) is 0 Å². The second kappa shape index (κ2) is 3.36. The minimum atomic E-state index is -3.20. The zero-order chi connectivity index (χ0) is 10.2. The van der Waals surface area contributed by atoms with Gasteiger partial charge in [-0.1, -0.05) is 0 Å². The summed E-state index contributed by atoms with van der Waals surface area (Å²) in [5.74, 6) is 0.592. The van der Waals surface area contributed by atoms with Crippen LogP contribution in [-0.4, -0.2) is 25.0 Å². The molecule has 0 atom stereocenters. The summed E-state index contributed by atoms with van der Waals surface area (Å²) in [4.78, 5) is 4.05. The quantitative estimate of drug-likeness (QED) is 0.784. The number of nitrogens with zero attached hydrogens (tertiary/aromatic N) is 2. The van der Waals surface area contributed by atoms with Crippen molar-refractivity contribution in [2.45, 2.75) is 24.6 Å². The molecule has 1 heterocycles. The Hall–Kier alpha value is -0.880. The molecule has 1 N–H and O–H groups in total. The second-order valence-corrected chi connectivity index (χ2v) is 5.37. The highest BCUT2D eigenvalue weighted by Crippen LogP contribution is 2.35. The van der Waals surface area contributed by atoms with Crippen LogP contribution in [0.15, 0.2) is 12.4 Å². The molecule has 0 aromatic carbocycles. The lowest BCUT2D eigenvalue weighted by molar-refractivity contribution is 0.582. The normalized spacial score (nSPS) is 17.2. The van der Waals surface area contributed by atoms with Gasteiger partial charge in [0.15, 0.2) is 0 Å². The molecular weight excluding hydrogens is 202 g/mol. The van der Waals surface area contributed by atoms with Crippen LogP contribution in [0.5, 0.6) is 0 Å². The van der Waals surface area contributed by atoms with Gasteiger partial charge in [0.2, 0.25) is 10.0 Å². The number of hydrogen-bond donors (Lipinski definition) is 1. The van der Waals surface area contributed by atoms with Gasteiger partial charge < -0.3 is 4.57 Å². The van der Waals surface area contributed by atoms with E-state index in [4.69, 9.17) is 0 Å². The molecule has 0 amide bonds. The van der Waals surface area contributed by atoms with E-state index in [1.165, 1.54) is 7.05 Å². The smallest absolute Gasteiger partial charge is 0.218 e. The summed E-state index contributed by atoms with van der Waals surface area (Å²) in [6, 6.07) is 0.472. The Balaban J connectivity index is 2.20. The minimum Gasteiger partial charge on any atom is -0.331 e. The van der Waals surface area contributed by atoms with Crippen LogP contribution in [0.2, 0.25) is 0 Å². The van der Waals surface area contributed by atoms with Crippen molar-refractivity contribution in [1.82, 2.24) is 14.3 Å². The molecule has 78 valence electrons. The fourth-order valence-electron chi connectivity index (χ4n) is 1.38. The maximum atomic E-state index is 11.3. The van der Waals surface area contributed by atoms with Crippen LogP contribution < -0.4 is 4.72 Å². The summed E-state index contributed by atoms with van der Waals surface area (Å²) in [7, 11) is -1.79. The average molecular weight is 215 g/mol. The van der Waals surface area contributed by atoms with E-state index in [2.05, 4.69) is 9.71 Å². The summed E-state index contributed by atoms with van der Waals surface area (Å²) in [6.07, 6.45) is 5.75. The number of aromatic nitrogens is 2. The SMILES string of the molecule is CNS(=O)(=O)Cc1nccn1C1CC1. The van der Waals surface area contributed by atoms with Crippen LogP contribution >= 0.6 is 0 Å². The van der Waals surface area contributed by atoms with Crippen molar-refractivity contribution in [1.29, 1.82) is 0 Å². The summed E-state index contributed by atoms with van der Waals surface area (Å²) in [6.45, 7) is 0. The number of nitrogens with one attached hydrogen (secondary N) is 1. The van der Waals surface area contributed by atoms with Gasteiger partial charge >= 0.3 is 0 Å². The molecular formula is C8H13N3O2S. The summed E-state index contributed by atoms with van der Waals surface area (Å²) < 4.78 is 26.8. The van der Waals surface area contributed by atoms with Crippen molar-refractivity contribution in [3.63, 3.8) is 0 Å². The molecule has 14 heavy (non-hydrogen) atoms. The monoisotopic (exact) mass is 215 g/mol. The second-order valence-electron chi connectivity index (χ2n) is 3.45. The Labute approximate surface area is 83.2 Å². The molecule has 1 aliphatic rings. The van der Waals surface area contributed by atoms with Gasteiger partial charge in [0.05, 0.1) is 0 Å². The topological polar surface area (TPSA) is 64.0 Å². The molecule has 0 spiro atoms. The fraction of sp³-hybridized carbons (Fsp3) is 0.625. The number of hydrogen-bond acceptors (Lipinski definition) is 3. The van der Waals surface area contributed by atoms with Crippen molar-refractivity contribution < 1.29 is 8.42 Å². The maximum absolute atomic E-state index is 11.3. The first kappa shape index (κ1) is 9.67. The Morgan fingerprint density at radius 1 is 1.64 bits per heavy atom. The van der Waals surface area contributed by atoms with Crippen molar-refractivity contribution in [2.24, 2.45) is 0 Å². The Morgan fingerprint density at radius 2 is 2.36 bits per heavy atom. The Kier molecular flexibility index (Phi) is 2.32. The van der Waals surface area contributed by atoms with E-state index < -0.39 is 10.0 Å². The third-order valence-electron chi connectivity index (χ3n) is 2.32. The molecule has 1 saturated carbocycles. The lowest BCUT2D eigenvalue weighted by atomic mass is 10.6. The van der Waals surface area contributed by atoms with Gasteiger partial charge in [-0.25, -0.2) is 18.1 Å². The van der Waals surface area contributed by atoms with Crippen LogP contribution in [0.1, 0.15) is 24.7 Å². The van der Waals surface area contributed by atoms with Crippen LogP contribution in [-0.2, 0) is 15.8 Å². The standard InChI is InChI=1S/C8H13N3O2S/c1-9-14(12,13)6-8-10-4-5-11(8)7-2-3-7/h4-5,7,9H,2-3,6H2,1H3.